The maximum Gasteiger partial charge on any atom is 0.258 e. The first-order valence-corrected chi connectivity index (χ1v) is 13.2. The molecule has 2 aromatic rings. The lowest BCUT2D eigenvalue weighted by Crippen LogP contribution is -2.25. The van der Waals surface area contributed by atoms with Gasteiger partial charge in [0.1, 0.15) is 0 Å². The molecule has 0 unspecified atom stereocenters. The van der Waals surface area contributed by atoms with Gasteiger partial charge in [-0.2, -0.15) is 0 Å². The zero-order chi connectivity index (χ0) is 25.4. The Balaban J connectivity index is 0.00000148. The standard InChI is InChI=1S/C29H35N3O.C2H6.H2/c1-5-15-32(16-6-2)26-14-12-22(21(3)17-26)19-25-13-11-24-18-23-9-7-8-10-27(23)29(33)31(4)28(24)20-30-25;1-2;/h7-12,14,17,20H,5-6,13,15-16,18-19H2,1-4H3;1-2H3;1H. The predicted octanol–water partition coefficient (Wildman–Crippen LogP) is 7.38. The van der Waals surface area contributed by atoms with Crippen molar-refractivity contribution in [3.8, 4) is 0 Å². The zero-order valence-corrected chi connectivity index (χ0v) is 22.4. The lowest BCUT2D eigenvalue weighted by atomic mass is 9.97. The number of allylic oxidation sites excluding steroid dienone is 2. The van der Waals surface area contributed by atoms with E-state index in [0.717, 1.165) is 67.7 Å². The first-order valence-electron chi connectivity index (χ1n) is 13.2. The number of aliphatic imine (C=N–C) groups is 1. The average molecular weight is 474 g/mol. The second-order valence-corrected chi connectivity index (χ2v) is 9.12. The Morgan fingerprint density at radius 1 is 1.06 bits per heavy atom. The smallest absolute Gasteiger partial charge is 0.258 e. The summed E-state index contributed by atoms with van der Waals surface area (Å²) in [6.07, 6.45) is 8.86. The number of hydrogen-bond donors (Lipinski definition) is 0. The van der Waals surface area contributed by atoms with Crippen molar-refractivity contribution in [1.82, 2.24) is 4.90 Å². The van der Waals surface area contributed by atoms with Crippen molar-refractivity contribution in [2.45, 2.75) is 66.7 Å². The van der Waals surface area contributed by atoms with Gasteiger partial charge in [0.15, 0.2) is 0 Å². The monoisotopic (exact) mass is 473 g/mol. The number of rotatable bonds is 7. The summed E-state index contributed by atoms with van der Waals surface area (Å²) in [4.78, 5) is 22.1. The molecule has 4 rings (SSSR count). The third-order valence-electron chi connectivity index (χ3n) is 6.65. The minimum atomic E-state index is 0. The maximum atomic E-state index is 13.0. The lowest BCUT2D eigenvalue weighted by molar-refractivity contribution is 0.0840. The number of carbonyl (C=O) groups is 1. The second-order valence-electron chi connectivity index (χ2n) is 9.12. The minimum absolute atomic E-state index is 0. The van der Waals surface area contributed by atoms with Gasteiger partial charge in [0, 0.05) is 57.8 Å². The summed E-state index contributed by atoms with van der Waals surface area (Å²) in [7, 11) is 1.85. The number of likely N-dealkylation sites (N-methyl/N-ethyl adjacent to an activating group) is 1. The maximum absolute atomic E-state index is 13.0. The molecule has 2 aliphatic heterocycles. The van der Waals surface area contributed by atoms with Gasteiger partial charge >= 0.3 is 0 Å². The number of amides is 1. The van der Waals surface area contributed by atoms with E-state index in [1.54, 1.807) is 4.90 Å². The molecule has 2 heterocycles. The van der Waals surface area contributed by atoms with Crippen molar-refractivity contribution < 1.29 is 6.22 Å². The van der Waals surface area contributed by atoms with Crippen LogP contribution in [0.25, 0.3) is 0 Å². The molecule has 0 saturated heterocycles. The summed E-state index contributed by atoms with van der Waals surface area (Å²) in [6, 6.07) is 14.8. The quantitative estimate of drug-likeness (QED) is 0.421. The molecule has 2 aromatic carbocycles. The highest BCUT2D eigenvalue weighted by Crippen LogP contribution is 2.30. The number of carbonyl (C=O) groups excluding carboxylic acids is 1. The summed E-state index contributed by atoms with van der Waals surface area (Å²) in [5, 5.41) is 0. The summed E-state index contributed by atoms with van der Waals surface area (Å²) >= 11 is 0. The zero-order valence-electron chi connectivity index (χ0n) is 22.4. The van der Waals surface area contributed by atoms with Gasteiger partial charge in [-0.05, 0) is 60.2 Å². The second kappa shape index (κ2) is 12.5. The van der Waals surface area contributed by atoms with E-state index in [0.29, 0.717) is 0 Å². The minimum Gasteiger partial charge on any atom is -0.372 e. The van der Waals surface area contributed by atoms with Gasteiger partial charge in [0.2, 0.25) is 0 Å². The van der Waals surface area contributed by atoms with E-state index in [-0.39, 0.29) is 7.33 Å². The number of hydrogen-bond acceptors (Lipinski definition) is 3. The third-order valence-corrected chi connectivity index (χ3v) is 6.65. The summed E-state index contributed by atoms with van der Waals surface area (Å²) in [6.45, 7) is 12.9. The molecule has 0 bridgehead atoms. The SMILES string of the molecule is CC.CCCN(CCC)c1ccc(CC2=NC=C3C(=CC2)Cc2ccccc2C(=O)N3C)c(C)c1.[HH]. The average Bonchev–Trinajstić information content (AvgIpc) is 3.13. The molecule has 0 radical (unpaired) electrons. The molecule has 2 aliphatic rings. The molecule has 0 atom stereocenters. The van der Waals surface area contributed by atoms with Crippen molar-refractivity contribution in [2.75, 3.05) is 25.0 Å². The molecule has 0 saturated carbocycles. The Bertz CT molecular complexity index is 1130. The predicted molar refractivity (Wildman–Crippen MR) is 152 cm³/mol. The van der Waals surface area contributed by atoms with Gasteiger partial charge in [-0.1, -0.05) is 58.0 Å². The molecule has 0 fully saturated rings. The Morgan fingerprint density at radius 3 is 2.46 bits per heavy atom. The molecular weight excluding hydrogens is 430 g/mol. The number of anilines is 1. The molecule has 0 aliphatic carbocycles. The van der Waals surface area contributed by atoms with E-state index >= 15 is 0 Å². The fourth-order valence-corrected chi connectivity index (χ4v) is 4.80. The van der Waals surface area contributed by atoms with Crippen molar-refractivity contribution >= 4 is 17.3 Å². The van der Waals surface area contributed by atoms with E-state index in [1.165, 1.54) is 22.4 Å². The van der Waals surface area contributed by atoms with Crippen LogP contribution in [0.15, 0.2) is 71.0 Å². The largest absolute Gasteiger partial charge is 0.372 e. The molecule has 35 heavy (non-hydrogen) atoms. The molecular formula is C31H43N3O. The van der Waals surface area contributed by atoms with Gasteiger partial charge in [-0.25, -0.2) is 0 Å². The first-order chi connectivity index (χ1) is 17.0. The Kier molecular flexibility index (Phi) is 9.47. The number of aryl methyl sites for hydroxylation is 1. The van der Waals surface area contributed by atoms with Crippen LogP contribution >= 0.6 is 0 Å². The Morgan fingerprint density at radius 2 is 1.77 bits per heavy atom. The molecule has 0 aromatic heterocycles. The molecule has 4 nitrogen and oxygen atoms in total. The normalized spacial score (nSPS) is 14.9. The van der Waals surface area contributed by atoms with Gasteiger partial charge in [0.25, 0.3) is 5.91 Å². The van der Waals surface area contributed by atoms with E-state index < -0.39 is 0 Å². The topological polar surface area (TPSA) is 35.9 Å². The van der Waals surface area contributed by atoms with Crippen molar-refractivity contribution in [1.29, 1.82) is 0 Å². The van der Waals surface area contributed by atoms with Crippen molar-refractivity contribution in [2.24, 2.45) is 4.99 Å². The number of fused-ring (bicyclic) bond motifs is 2. The van der Waals surface area contributed by atoms with E-state index in [1.807, 2.05) is 45.3 Å². The molecule has 0 spiro atoms. The molecule has 0 N–H and O–H groups in total. The number of benzene rings is 2. The van der Waals surface area contributed by atoms with Crippen LogP contribution in [0.1, 0.15) is 75.4 Å². The Hall–Kier alpha value is -3.14. The lowest BCUT2D eigenvalue weighted by Gasteiger charge is -2.24. The van der Waals surface area contributed by atoms with Crippen LogP contribution in [0.2, 0.25) is 0 Å². The fourth-order valence-electron chi connectivity index (χ4n) is 4.80. The van der Waals surface area contributed by atoms with Crippen LogP contribution in [0, 0.1) is 6.92 Å². The highest BCUT2D eigenvalue weighted by molar-refractivity contribution is 5.98. The summed E-state index contributed by atoms with van der Waals surface area (Å²) in [5.41, 5.74) is 9.04. The molecule has 1 amide bonds. The van der Waals surface area contributed by atoms with Gasteiger partial charge in [-0.3, -0.25) is 9.79 Å². The van der Waals surface area contributed by atoms with Crippen LogP contribution in [0.4, 0.5) is 5.69 Å². The third kappa shape index (κ3) is 6.11. The summed E-state index contributed by atoms with van der Waals surface area (Å²) < 4.78 is 0. The van der Waals surface area contributed by atoms with E-state index in [2.05, 4.69) is 56.0 Å². The van der Waals surface area contributed by atoms with E-state index in [9.17, 15) is 4.79 Å². The highest BCUT2D eigenvalue weighted by Gasteiger charge is 2.26. The molecule has 188 valence electrons. The van der Waals surface area contributed by atoms with Crippen LogP contribution in [0.3, 0.4) is 0 Å². The first kappa shape index (κ1) is 26.5. The van der Waals surface area contributed by atoms with E-state index in [4.69, 9.17) is 4.99 Å². The van der Waals surface area contributed by atoms with Gasteiger partial charge in [-0.15, -0.1) is 0 Å². The van der Waals surface area contributed by atoms with Crippen LogP contribution in [0.5, 0.6) is 0 Å². The fraction of sp³-hybridized carbons (Fsp3) is 0.419. The van der Waals surface area contributed by atoms with Crippen LogP contribution in [-0.4, -0.2) is 36.7 Å². The van der Waals surface area contributed by atoms with Crippen molar-refractivity contribution in [3.05, 3.63) is 88.3 Å². The van der Waals surface area contributed by atoms with Crippen LogP contribution < -0.4 is 4.90 Å². The Labute approximate surface area is 213 Å². The van der Waals surface area contributed by atoms with Gasteiger partial charge < -0.3 is 9.80 Å². The molecule has 4 heteroatoms. The van der Waals surface area contributed by atoms with Crippen LogP contribution in [-0.2, 0) is 12.8 Å². The number of nitrogens with zero attached hydrogens (tertiary/aromatic N) is 3. The summed E-state index contributed by atoms with van der Waals surface area (Å²) in [5.74, 6) is 0.0362. The van der Waals surface area contributed by atoms with Gasteiger partial charge in [0.05, 0.1) is 11.9 Å². The highest BCUT2D eigenvalue weighted by atomic mass is 16.2. The van der Waals surface area contributed by atoms with Crippen molar-refractivity contribution in [3.63, 3.8) is 0 Å².